The maximum atomic E-state index is 12.7. The number of carbonyl (C=O) groups is 1. The van der Waals surface area contributed by atoms with Crippen LogP contribution in [0.5, 0.6) is 0 Å². The molecule has 0 spiro atoms. The molecule has 0 saturated heterocycles. The van der Waals surface area contributed by atoms with Crippen molar-refractivity contribution in [3.05, 3.63) is 57.5 Å². The molecule has 1 N–H and O–H groups in total. The van der Waals surface area contributed by atoms with Crippen LogP contribution in [0.1, 0.15) is 22.9 Å². The number of nitrogens with zero attached hydrogens (tertiary/aromatic N) is 2. The second-order valence-electron chi connectivity index (χ2n) is 6.16. The molecule has 4 rings (SSSR count). The first-order valence-corrected chi connectivity index (χ1v) is 9.82. The average Bonchev–Trinajstić information content (AvgIpc) is 3.20. The normalized spacial score (nSPS) is 16.4. The van der Waals surface area contributed by atoms with Crippen LogP contribution in [-0.4, -0.2) is 29.1 Å². The summed E-state index contributed by atoms with van der Waals surface area (Å²) < 4.78 is 2.15. The van der Waals surface area contributed by atoms with Crippen molar-refractivity contribution in [2.45, 2.75) is 18.8 Å². The van der Waals surface area contributed by atoms with Crippen LogP contribution in [0, 0.1) is 0 Å². The van der Waals surface area contributed by atoms with E-state index in [0.717, 1.165) is 30.9 Å². The number of halogens is 1. The van der Waals surface area contributed by atoms with Crippen LogP contribution in [0.4, 0.5) is 5.69 Å². The second-order valence-corrected chi connectivity index (χ2v) is 8.19. The van der Waals surface area contributed by atoms with Gasteiger partial charge in [-0.2, -0.15) is 0 Å². The van der Waals surface area contributed by atoms with Gasteiger partial charge in [-0.25, -0.2) is 4.98 Å². The van der Waals surface area contributed by atoms with Gasteiger partial charge in [0.1, 0.15) is 0 Å². The van der Waals surface area contributed by atoms with Crippen molar-refractivity contribution in [1.82, 2.24) is 4.98 Å². The lowest BCUT2D eigenvalue weighted by Gasteiger charge is -2.17. The Hall–Kier alpha value is -1.76. The Kier molecular flexibility index (Phi) is 4.58. The van der Waals surface area contributed by atoms with Crippen LogP contribution in [0.2, 0.25) is 0 Å². The molecule has 0 bridgehead atoms. The summed E-state index contributed by atoms with van der Waals surface area (Å²) in [4.78, 5) is 19.2. The number of aryl methyl sites for hydroxylation is 1. The first kappa shape index (κ1) is 16.7. The smallest absolute Gasteiger partial charge is 0.227 e. The fourth-order valence-corrected chi connectivity index (χ4v) is 4.59. The SMILES string of the molecule is O=C(CCc1nc2cc(Br)ccc2s1)N1CC(CO)c2ccccc21. The summed E-state index contributed by atoms with van der Waals surface area (Å²) in [6.07, 6.45) is 1.06. The zero-order valence-corrected chi connectivity index (χ0v) is 15.9. The summed E-state index contributed by atoms with van der Waals surface area (Å²) in [5.41, 5.74) is 2.96. The Labute approximate surface area is 158 Å². The Morgan fingerprint density at radius 2 is 2.16 bits per heavy atom. The number of hydrogen-bond acceptors (Lipinski definition) is 4. The van der Waals surface area contributed by atoms with Crippen molar-refractivity contribution in [2.75, 3.05) is 18.1 Å². The van der Waals surface area contributed by atoms with Gasteiger partial charge in [0.05, 0.1) is 21.8 Å². The Morgan fingerprint density at radius 3 is 3.00 bits per heavy atom. The predicted octanol–water partition coefficient (Wildman–Crippen LogP) is 4.11. The number of fused-ring (bicyclic) bond motifs is 2. The van der Waals surface area contributed by atoms with Gasteiger partial charge in [0.15, 0.2) is 0 Å². The summed E-state index contributed by atoms with van der Waals surface area (Å²) in [5, 5.41) is 10.6. The van der Waals surface area contributed by atoms with E-state index in [9.17, 15) is 9.90 Å². The number of aliphatic hydroxyl groups excluding tert-OH is 1. The molecule has 2 heterocycles. The molecule has 2 aromatic carbocycles. The summed E-state index contributed by atoms with van der Waals surface area (Å²) in [7, 11) is 0. The molecule has 128 valence electrons. The molecule has 3 aromatic rings. The molecular weight excluding hydrogens is 400 g/mol. The number of thiazole rings is 1. The number of anilines is 1. The topological polar surface area (TPSA) is 53.4 Å². The third kappa shape index (κ3) is 3.21. The van der Waals surface area contributed by atoms with E-state index in [2.05, 4.69) is 20.9 Å². The second kappa shape index (κ2) is 6.86. The quantitative estimate of drug-likeness (QED) is 0.695. The lowest BCUT2D eigenvalue weighted by Crippen LogP contribution is -2.30. The molecule has 1 atom stereocenters. The molecule has 1 aromatic heterocycles. The van der Waals surface area contributed by atoms with Gasteiger partial charge in [-0.15, -0.1) is 11.3 Å². The van der Waals surface area contributed by atoms with E-state index in [0.29, 0.717) is 19.4 Å². The van der Waals surface area contributed by atoms with E-state index in [1.54, 1.807) is 16.2 Å². The maximum absolute atomic E-state index is 12.7. The highest BCUT2D eigenvalue weighted by molar-refractivity contribution is 9.10. The number of rotatable bonds is 4. The van der Waals surface area contributed by atoms with E-state index in [1.807, 2.05) is 42.5 Å². The van der Waals surface area contributed by atoms with Crippen LogP contribution < -0.4 is 4.90 Å². The van der Waals surface area contributed by atoms with Crippen molar-refractivity contribution >= 4 is 49.1 Å². The molecule has 0 aliphatic carbocycles. The van der Waals surface area contributed by atoms with Gasteiger partial charge in [-0.3, -0.25) is 4.79 Å². The Morgan fingerprint density at radius 1 is 1.32 bits per heavy atom. The van der Waals surface area contributed by atoms with Gasteiger partial charge in [0.2, 0.25) is 5.91 Å². The highest BCUT2D eigenvalue weighted by Crippen LogP contribution is 2.36. The molecule has 1 amide bonds. The van der Waals surface area contributed by atoms with Crippen LogP contribution >= 0.6 is 27.3 Å². The number of hydrogen-bond donors (Lipinski definition) is 1. The van der Waals surface area contributed by atoms with Gasteiger partial charge in [-0.05, 0) is 29.8 Å². The molecule has 0 radical (unpaired) electrons. The zero-order chi connectivity index (χ0) is 17.4. The maximum Gasteiger partial charge on any atom is 0.227 e. The lowest BCUT2D eigenvalue weighted by atomic mass is 10.0. The van der Waals surface area contributed by atoms with Crippen LogP contribution in [0.25, 0.3) is 10.2 Å². The third-order valence-electron chi connectivity index (χ3n) is 4.54. The van der Waals surface area contributed by atoms with E-state index < -0.39 is 0 Å². The predicted molar refractivity (Wildman–Crippen MR) is 104 cm³/mol. The minimum absolute atomic E-state index is 0.0138. The van der Waals surface area contributed by atoms with Crippen molar-refractivity contribution < 1.29 is 9.90 Å². The monoisotopic (exact) mass is 416 g/mol. The fraction of sp³-hybridized carbons (Fsp3) is 0.263. The highest BCUT2D eigenvalue weighted by Gasteiger charge is 2.31. The van der Waals surface area contributed by atoms with Crippen molar-refractivity contribution in [3.63, 3.8) is 0 Å². The minimum atomic E-state index is 0.0138. The molecular formula is C19H17BrN2O2S. The van der Waals surface area contributed by atoms with Gasteiger partial charge in [0.25, 0.3) is 0 Å². The highest BCUT2D eigenvalue weighted by atomic mass is 79.9. The van der Waals surface area contributed by atoms with Crippen molar-refractivity contribution in [1.29, 1.82) is 0 Å². The molecule has 25 heavy (non-hydrogen) atoms. The van der Waals surface area contributed by atoms with E-state index in [4.69, 9.17) is 0 Å². The number of para-hydroxylation sites is 1. The molecule has 1 aliphatic rings. The molecule has 6 heteroatoms. The average molecular weight is 417 g/mol. The van der Waals surface area contributed by atoms with Gasteiger partial charge < -0.3 is 10.0 Å². The first-order chi connectivity index (χ1) is 12.2. The first-order valence-electron chi connectivity index (χ1n) is 8.21. The third-order valence-corrected chi connectivity index (χ3v) is 6.13. The number of aliphatic hydroxyl groups is 1. The van der Waals surface area contributed by atoms with Gasteiger partial charge in [0, 0.05) is 35.5 Å². The minimum Gasteiger partial charge on any atom is -0.396 e. The Bertz CT molecular complexity index is 940. The van der Waals surface area contributed by atoms with Crippen LogP contribution in [-0.2, 0) is 11.2 Å². The molecule has 1 aliphatic heterocycles. The fourth-order valence-electron chi connectivity index (χ4n) is 3.29. The number of aromatic nitrogens is 1. The molecule has 4 nitrogen and oxygen atoms in total. The van der Waals surface area contributed by atoms with Crippen molar-refractivity contribution in [2.24, 2.45) is 0 Å². The van der Waals surface area contributed by atoms with Crippen molar-refractivity contribution in [3.8, 4) is 0 Å². The molecule has 0 fully saturated rings. The molecule has 1 unspecified atom stereocenters. The van der Waals surface area contributed by atoms with Crippen LogP contribution in [0.15, 0.2) is 46.9 Å². The Balaban J connectivity index is 1.48. The summed E-state index contributed by atoms with van der Waals surface area (Å²) >= 11 is 5.10. The number of benzene rings is 2. The summed E-state index contributed by atoms with van der Waals surface area (Å²) in [6.45, 7) is 0.620. The van der Waals surface area contributed by atoms with E-state index >= 15 is 0 Å². The summed E-state index contributed by atoms with van der Waals surface area (Å²) in [5.74, 6) is 0.101. The summed E-state index contributed by atoms with van der Waals surface area (Å²) in [6, 6.07) is 13.9. The van der Waals surface area contributed by atoms with E-state index in [1.165, 1.54) is 0 Å². The molecule has 0 saturated carbocycles. The number of carbonyl (C=O) groups excluding carboxylic acids is 1. The largest absolute Gasteiger partial charge is 0.396 e. The van der Waals surface area contributed by atoms with E-state index in [-0.39, 0.29) is 18.4 Å². The zero-order valence-electron chi connectivity index (χ0n) is 13.5. The lowest BCUT2D eigenvalue weighted by molar-refractivity contribution is -0.118. The van der Waals surface area contributed by atoms with Gasteiger partial charge in [-0.1, -0.05) is 34.1 Å². The van der Waals surface area contributed by atoms with Gasteiger partial charge >= 0.3 is 0 Å². The number of amides is 1. The van der Waals surface area contributed by atoms with Crippen LogP contribution in [0.3, 0.4) is 0 Å². The standard InChI is InChI=1S/C19H17BrN2O2S/c20-13-5-6-17-15(9-13)21-18(25-17)7-8-19(24)22-10-12(11-23)14-3-1-2-4-16(14)22/h1-6,9,12,23H,7-8,10-11H2.